The van der Waals surface area contributed by atoms with Gasteiger partial charge in [0.05, 0.1) is 0 Å². The lowest BCUT2D eigenvalue weighted by molar-refractivity contribution is 1.46. The van der Waals surface area contributed by atoms with Gasteiger partial charge in [0.25, 0.3) is 0 Å². The molecular weight excluding hydrogens is 264 g/mol. The zero-order valence-corrected chi connectivity index (χ0v) is 12.1. The third-order valence-electron chi connectivity index (χ3n) is 3.48. The summed E-state index contributed by atoms with van der Waals surface area (Å²) in [6.45, 7) is 2.11. The first-order chi connectivity index (χ1) is 9.74. The van der Waals surface area contributed by atoms with Crippen molar-refractivity contribution in [1.82, 2.24) is 0 Å². The molecule has 0 aromatic heterocycles. The molecule has 3 rings (SSSR count). The maximum atomic E-state index is 6.12. The molecule has 0 saturated heterocycles. The van der Waals surface area contributed by atoms with Gasteiger partial charge in [-0.15, -0.1) is 0 Å². The first-order valence-corrected chi connectivity index (χ1v) is 7.04. The van der Waals surface area contributed by atoms with Crippen LogP contribution < -0.4 is 0 Å². The molecule has 0 spiro atoms. The van der Waals surface area contributed by atoms with E-state index in [1.165, 1.54) is 27.8 Å². The fraction of sp³-hybridized carbons (Fsp3) is 0.0526. The van der Waals surface area contributed by atoms with E-state index in [2.05, 4.69) is 61.5 Å². The van der Waals surface area contributed by atoms with Crippen molar-refractivity contribution in [1.29, 1.82) is 0 Å². The Morgan fingerprint density at radius 3 is 2.15 bits per heavy atom. The van der Waals surface area contributed by atoms with E-state index < -0.39 is 0 Å². The Bertz CT molecular complexity index is 730. The van der Waals surface area contributed by atoms with Crippen LogP contribution in [0.5, 0.6) is 0 Å². The molecule has 0 radical (unpaired) electrons. The van der Waals surface area contributed by atoms with Crippen LogP contribution in [0.1, 0.15) is 5.56 Å². The molecule has 0 aliphatic rings. The van der Waals surface area contributed by atoms with Gasteiger partial charge in [0, 0.05) is 5.02 Å². The van der Waals surface area contributed by atoms with Gasteiger partial charge in [0.15, 0.2) is 0 Å². The molecule has 3 aromatic rings. The Morgan fingerprint density at radius 2 is 1.35 bits per heavy atom. The average molecular weight is 279 g/mol. The number of hydrogen-bond donors (Lipinski definition) is 0. The van der Waals surface area contributed by atoms with Crippen molar-refractivity contribution in [3.8, 4) is 22.3 Å². The van der Waals surface area contributed by atoms with Crippen molar-refractivity contribution < 1.29 is 0 Å². The normalized spacial score (nSPS) is 10.5. The fourth-order valence-corrected chi connectivity index (χ4v) is 2.57. The fourth-order valence-electron chi connectivity index (χ4n) is 2.40. The van der Waals surface area contributed by atoms with E-state index in [0.29, 0.717) is 0 Å². The van der Waals surface area contributed by atoms with Crippen LogP contribution in [0, 0.1) is 6.92 Å². The highest BCUT2D eigenvalue weighted by molar-refractivity contribution is 6.30. The predicted molar refractivity (Wildman–Crippen MR) is 87.1 cm³/mol. The molecule has 0 amide bonds. The van der Waals surface area contributed by atoms with Gasteiger partial charge < -0.3 is 0 Å². The molecule has 0 saturated carbocycles. The average Bonchev–Trinajstić information content (AvgIpc) is 2.51. The summed E-state index contributed by atoms with van der Waals surface area (Å²) in [5, 5.41) is 0.774. The topological polar surface area (TPSA) is 0 Å². The number of rotatable bonds is 2. The lowest BCUT2D eigenvalue weighted by atomic mass is 9.96. The third kappa shape index (κ3) is 2.61. The van der Waals surface area contributed by atoms with Crippen LogP contribution in [0.2, 0.25) is 5.02 Å². The van der Waals surface area contributed by atoms with Gasteiger partial charge >= 0.3 is 0 Å². The van der Waals surface area contributed by atoms with Crippen LogP contribution in [0.3, 0.4) is 0 Å². The SMILES string of the molecule is Cc1ccc(Cl)cc1-c1cccc(-c2ccccc2)c1. The zero-order valence-electron chi connectivity index (χ0n) is 11.3. The molecule has 0 aliphatic carbocycles. The van der Waals surface area contributed by atoms with Gasteiger partial charge in [-0.25, -0.2) is 0 Å². The summed E-state index contributed by atoms with van der Waals surface area (Å²) >= 11 is 6.12. The Morgan fingerprint density at radius 1 is 0.650 bits per heavy atom. The summed E-state index contributed by atoms with van der Waals surface area (Å²) in [4.78, 5) is 0. The molecule has 0 N–H and O–H groups in total. The molecule has 0 bridgehead atoms. The monoisotopic (exact) mass is 278 g/mol. The Kier molecular flexibility index (Phi) is 3.58. The maximum absolute atomic E-state index is 6.12. The maximum Gasteiger partial charge on any atom is 0.0412 e. The second kappa shape index (κ2) is 5.52. The van der Waals surface area contributed by atoms with Gasteiger partial charge in [-0.05, 0) is 52.9 Å². The first-order valence-electron chi connectivity index (χ1n) is 6.66. The van der Waals surface area contributed by atoms with Crippen molar-refractivity contribution >= 4 is 11.6 Å². The molecule has 0 nitrogen and oxygen atoms in total. The number of benzene rings is 3. The lowest BCUT2D eigenvalue weighted by Crippen LogP contribution is -1.85. The summed E-state index contributed by atoms with van der Waals surface area (Å²) in [6.07, 6.45) is 0. The largest absolute Gasteiger partial charge is 0.0843 e. The smallest absolute Gasteiger partial charge is 0.0412 e. The number of hydrogen-bond acceptors (Lipinski definition) is 0. The van der Waals surface area contributed by atoms with Crippen LogP contribution in [0.4, 0.5) is 0 Å². The highest BCUT2D eigenvalue weighted by Crippen LogP contribution is 2.30. The van der Waals surface area contributed by atoms with Crippen LogP contribution in [-0.4, -0.2) is 0 Å². The van der Waals surface area contributed by atoms with E-state index in [0.717, 1.165) is 5.02 Å². The highest BCUT2D eigenvalue weighted by Gasteiger charge is 2.04. The Labute approximate surface area is 124 Å². The minimum Gasteiger partial charge on any atom is -0.0843 e. The number of halogens is 1. The van der Waals surface area contributed by atoms with Crippen molar-refractivity contribution in [2.24, 2.45) is 0 Å². The minimum absolute atomic E-state index is 0.774. The van der Waals surface area contributed by atoms with E-state index in [1.807, 2.05) is 18.2 Å². The molecule has 3 aromatic carbocycles. The van der Waals surface area contributed by atoms with Gasteiger partial charge in [-0.3, -0.25) is 0 Å². The van der Waals surface area contributed by atoms with Crippen molar-refractivity contribution in [3.05, 3.63) is 83.4 Å². The van der Waals surface area contributed by atoms with Gasteiger partial charge in [-0.1, -0.05) is 66.2 Å². The second-order valence-corrected chi connectivity index (χ2v) is 5.34. The molecule has 1 heteroatoms. The molecule has 0 fully saturated rings. The summed E-state index contributed by atoms with van der Waals surface area (Å²) in [6, 6.07) is 25.0. The number of aryl methyl sites for hydroxylation is 1. The van der Waals surface area contributed by atoms with Gasteiger partial charge in [-0.2, -0.15) is 0 Å². The minimum atomic E-state index is 0.774. The summed E-state index contributed by atoms with van der Waals surface area (Å²) in [5.74, 6) is 0. The van der Waals surface area contributed by atoms with Crippen molar-refractivity contribution in [2.75, 3.05) is 0 Å². The molecule has 20 heavy (non-hydrogen) atoms. The van der Waals surface area contributed by atoms with Crippen LogP contribution in [-0.2, 0) is 0 Å². The standard InChI is InChI=1S/C19H15Cl/c1-14-10-11-18(20)13-19(14)17-9-5-8-16(12-17)15-6-3-2-4-7-15/h2-13H,1H3. The Hall–Kier alpha value is -2.05. The summed E-state index contributed by atoms with van der Waals surface area (Å²) < 4.78 is 0. The van der Waals surface area contributed by atoms with Crippen molar-refractivity contribution in [2.45, 2.75) is 6.92 Å². The highest BCUT2D eigenvalue weighted by atomic mass is 35.5. The van der Waals surface area contributed by atoms with E-state index in [-0.39, 0.29) is 0 Å². The molecule has 0 unspecified atom stereocenters. The molecule has 0 atom stereocenters. The van der Waals surface area contributed by atoms with E-state index in [1.54, 1.807) is 0 Å². The lowest BCUT2D eigenvalue weighted by Gasteiger charge is -2.09. The molecule has 0 heterocycles. The quantitative estimate of drug-likeness (QED) is 0.541. The van der Waals surface area contributed by atoms with E-state index in [4.69, 9.17) is 11.6 Å². The van der Waals surface area contributed by atoms with Crippen LogP contribution in [0.25, 0.3) is 22.3 Å². The Balaban J connectivity index is 2.10. The van der Waals surface area contributed by atoms with E-state index >= 15 is 0 Å². The summed E-state index contributed by atoms with van der Waals surface area (Å²) in [7, 11) is 0. The second-order valence-electron chi connectivity index (χ2n) is 4.91. The predicted octanol–water partition coefficient (Wildman–Crippen LogP) is 5.98. The third-order valence-corrected chi connectivity index (χ3v) is 3.72. The van der Waals surface area contributed by atoms with Gasteiger partial charge in [0.2, 0.25) is 0 Å². The van der Waals surface area contributed by atoms with Crippen LogP contribution in [0.15, 0.2) is 72.8 Å². The molecule has 98 valence electrons. The summed E-state index contributed by atoms with van der Waals surface area (Å²) in [5.41, 5.74) is 6.08. The van der Waals surface area contributed by atoms with Crippen LogP contribution >= 0.6 is 11.6 Å². The first kappa shape index (κ1) is 13.0. The van der Waals surface area contributed by atoms with Gasteiger partial charge in [0.1, 0.15) is 0 Å². The molecular formula is C19H15Cl. The van der Waals surface area contributed by atoms with Crippen molar-refractivity contribution in [3.63, 3.8) is 0 Å². The van der Waals surface area contributed by atoms with E-state index in [9.17, 15) is 0 Å². The zero-order chi connectivity index (χ0) is 13.9. The molecule has 0 aliphatic heterocycles.